The maximum absolute atomic E-state index is 13.1. The largest absolute Gasteiger partial charge is 0.309 e. The molecule has 1 saturated carbocycles. The molecule has 1 aromatic heterocycles. The average molecular weight is 325 g/mol. The molecule has 0 amide bonds. The Hall–Kier alpha value is -0.970. The smallest absolute Gasteiger partial charge is 0.124 e. The number of nitrogens with one attached hydrogen (secondary N) is 1. The number of hydrogen-bond acceptors (Lipinski definition) is 3. The Labute approximate surface area is 133 Å². The van der Waals surface area contributed by atoms with Crippen molar-refractivity contribution in [3.63, 3.8) is 0 Å². The van der Waals surface area contributed by atoms with Gasteiger partial charge in [-0.25, -0.2) is 9.37 Å². The Balaban J connectivity index is 1.74. The van der Waals surface area contributed by atoms with Crippen molar-refractivity contribution in [2.75, 3.05) is 0 Å². The molecule has 1 aliphatic carbocycles. The van der Waals surface area contributed by atoms with E-state index in [9.17, 15) is 4.39 Å². The molecule has 112 valence electrons. The summed E-state index contributed by atoms with van der Waals surface area (Å²) in [7, 11) is 0. The first-order chi connectivity index (χ1) is 10.2. The van der Waals surface area contributed by atoms with Gasteiger partial charge in [0.1, 0.15) is 5.82 Å². The Bertz CT molecular complexity index is 637. The van der Waals surface area contributed by atoms with Crippen LogP contribution in [0.4, 0.5) is 4.39 Å². The van der Waals surface area contributed by atoms with Crippen LogP contribution in [0.1, 0.15) is 40.9 Å². The molecule has 2 aromatic rings. The van der Waals surface area contributed by atoms with Gasteiger partial charge in [0.05, 0.1) is 10.7 Å². The number of halogens is 2. The van der Waals surface area contributed by atoms with Crippen molar-refractivity contribution >= 4 is 22.9 Å². The summed E-state index contributed by atoms with van der Waals surface area (Å²) >= 11 is 7.83. The average Bonchev–Trinajstić information content (AvgIpc) is 3.20. The lowest BCUT2D eigenvalue weighted by Gasteiger charge is -2.01. The Morgan fingerprint density at radius 1 is 1.43 bits per heavy atom. The minimum Gasteiger partial charge on any atom is -0.309 e. The second-order valence-corrected chi connectivity index (χ2v) is 6.97. The first-order valence-corrected chi connectivity index (χ1v) is 8.50. The fourth-order valence-corrected chi connectivity index (χ4v) is 3.64. The van der Waals surface area contributed by atoms with Crippen LogP contribution < -0.4 is 5.32 Å². The van der Waals surface area contributed by atoms with Crippen molar-refractivity contribution in [1.82, 2.24) is 10.3 Å². The Morgan fingerprint density at radius 2 is 2.24 bits per heavy atom. The summed E-state index contributed by atoms with van der Waals surface area (Å²) < 4.78 is 13.1. The van der Waals surface area contributed by atoms with Crippen molar-refractivity contribution < 1.29 is 4.39 Å². The van der Waals surface area contributed by atoms with Gasteiger partial charge in [0.25, 0.3) is 0 Å². The van der Waals surface area contributed by atoms with Crippen LogP contribution in [0.3, 0.4) is 0 Å². The monoisotopic (exact) mass is 324 g/mol. The number of thiazole rings is 1. The molecule has 1 aromatic carbocycles. The van der Waals surface area contributed by atoms with Gasteiger partial charge in [-0.3, -0.25) is 0 Å². The van der Waals surface area contributed by atoms with E-state index in [1.54, 1.807) is 17.4 Å². The molecule has 0 saturated heterocycles. The zero-order valence-corrected chi connectivity index (χ0v) is 13.5. The quantitative estimate of drug-likeness (QED) is 0.855. The van der Waals surface area contributed by atoms with Crippen molar-refractivity contribution in [3.8, 4) is 0 Å². The van der Waals surface area contributed by atoms with Crippen LogP contribution in [0, 0.1) is 5.82 Å². The summed E-state index contributed by atoms with van der Waals surface area (Å²) in [6.45, 7) is 3.03. The zero-order chi connectivity index (χ0) is 14.8. The van der Waals surface area contributed by atoms with Crippen LogP contribution in [0.25, 0.3) is 0 Å². The third kappa shape index (κ3) is 3.82. The summed E-state index contributed by atoms with van der Waals surface area (Å²) in [5, 5.41) is 5.06. The van der Waals surface area contributed by atoms with E-state index < -0.39 is 0 Å². The second-order valence-electron chi connectivity index (χ2n) is 5.40. The summed E-state index contributed by atoms with van der Waals surface area (Å²) in [5.74, 6) is -0.300. The molecule has 0 bridgehead atoms. The second kappa shape index (κ2) is 6.42. The van der Waals surface area contributed by atoms with E-state index >= 15 is 0 Å². The fraction of sp³-hybridized carbons (Fsp3) is 0.438. The normalized spacial score (nSPS) is 14.6. The molecule has 1 heterocycles. The molecular weight excluding hydrogens is 307 g/mol. The van der Waals surface area contributed by atoms with Crippen molar-refractivity contribution in [1.29, 1.82) is 0 Å². The first kappa shape index (κ1) is 14.9. The predicted octanol–water partition coefficient (Wildman–Crippen LogP) is 4.34. The highest BCUT2D eigenvalue weighted by Gasteiger charge is 2.21. The lowest BCUT2D eigenvalue weighted by Crippen LogP contribution is -2.15. The standard InChI is InChI=1S/C16H18ClFN2S/c1-2-14-15(9-19-12-5-6-12)21-16(20-14)7-10-3-4-11(18)8-13(10)17/h3-4,8,12,19H,2,5-7,9H2,1H3. The van der Waals surface area contributed by atoms with Crippen LogP contribution in [0.2, 0.25) is 5.02 Å². The summed E-state index contributed by atoms with van der Waals surface area (Å²) in [6, 6.07) is 5.26. The zero-order valence-electron chi connectivity index (χ0n) is 12.0. The van der Waals surface area contributed by atoms with Gasteiger partial charge < -0.3 is 5.32 Å². The third-order valence-electron chi connectivity index (χ3n) is 3.64. The minimum atomic E-state index is -0.300. The van der Waals surface area contributed by atoms with E-state index in [4.69, 9.17) is 16.6 Å². The third-order valence-corrected chi connectivity index (χ3v) is 5.09. The van der Waals surface area contributed by atoms with Gasteiger partial charge in [0.2, 0.25) is 0 Å². The van der Waals surface area contributed by atoms with Gasteiger partial charge in [0, 0.05) is 28.9 Å². The van der Waals surface area contributed by atoms with E-state index in [1.807, 2.05) is 0 Å². The minimum absolute atomic E-state index is 0.300. The number of benzene rings is 1. The van der Waals surface area contributed by atoms with Gasteiger partial charge in [0.15, 0.2) is 0 Å². The SMILES string of the molecule is CCc1nc(Cc2ccc(F)cc2Cl)sc1CNC1CC1. The Morgan fingerprint density at radius 3 is 2.90 bits per heavy atom. The topological polar surface area (TPSA) is 24.9 Å². The molecule has 1 N–H and O–H groups in total. The van der Waals surface area contributed by atoms with Gasteiger partial charge in [-0.2, -0.15) is 0 Å². The van der Waals surface area contributed by atoms with Crippen LogP contribution in [0.5, 0.6) is 0 Å². The number of aryl methyl sites for hydroxylation is 1. The maximum Gasteiger partial charge on any atom is 0.124 e. The highest BCUT2D eigenvalue weighted by Crippen LogP contribution is 2.26. The molecule has 1 fully saturated rings. The lowest BCUT2D eigenvalue weighted by molar-refractivity contribution is 0.627. The summed E-state index contributed by atoms with van der Waals surface area (Å²) in [6.07, 6.45) is 4.19. The van der Waals surface area contributed by atoms with Gasteiger partial charge in [-0.1, -0.05) is 24.6 Å². The van der Waals surface area contributed by atoms with Crippen molar-refractivity contribution in [3.05, 3.63) is 50.2 Å². The molecule has 5 heteroatoms. The molecule has 0 atom stereocenters. The fourth-order valence-electron chi connectivity index (χ4n) is 2.28. The van der Waals surface area contributed by atoms with Crippen LogP contribution in [-0.2, 0) is 19.4 Å². The molecule has 0 radical (unpaired) electrons. The van der Waals surface area contributed by atoms with Crippen LogP contribution in [-0.4, -0.2) is 11.0 Å². The van der Waals surface area contributed by atoms with Gasteiger partial charge in [-0.05, 0) is 37.0 Å². The molecule has 0 spiro atoms. The predicted molar refractivity (Wildman–Crippen MR) is 85.6 cm³/mol. The highest BCUT2D eigenvalue weighted by molar-refractivity contribution is 7.11. The van der Waals surface area contributed by atoms with E-state index in [2.05, 4.69) is 12.2 Å². The molecule has 0 aliphatic heterocycles. The molecule has 21 heavy (non-hydrogen) atoms. The van der Waals surface area contributed by atoms with Crippen LogP contribution in [0.15, 0.2) is 18.2 Å². The molecule has 2 nitrogen and oxygen atoms in total. The number of hydrogen-bond donors (Lipinski definition) is 1. The van der Waals surface area contributed by atoms with E-state index in [0.29, 0.717) is 17.5 Å². The van der Waals surface area contributed by atoms with Crippen LogP contribution >= 0.6 is 22.9 Å². The van der Waals surface area contributed by atoms with Gasteiger partial charge in [-0.15, -0.1) is 11.3 Å². The maximum atomic E-state index is 13.1. The molecular formula is C16H18ClFN2S. The number of aromatic nitrogens is 1. The summed E-state index contributed by atoms with van der Waals surface area (Å²) in [4.78, 5) is 6.03. The van der Waals surface area contributed by atoms with Gasteiger partial charge >= 0.3 is 0 Å². The Kier molecular flexibility index (Phi) is 4.57. The van der Waals surface area contributed by atoms with Crippen molar-refractivity contribution in [2.45, 2.75) is 45.2 Å². The summed E-state index contributed by atoms with van der Waals surface area (Å²) in [5.41, 5.74) is 2.09. The molecule has 0 unspecified atom stereocenters. The molecule has 3 rings (SSSR count). The van der Waals surface area contributed by atoms with Crippen molar-refractivity contribution in [2.24, 2.45) is 0 Å². The lowest BCUT2D eigenvalue weighted by atomic mass is 10.1. The first-order valence-electron chi connectivity index (χ1n) is 7.30. The van der Waals surface area contributed by atoms with E-state index in [-0.39, 0.29) is 5.82 Å². The number of nitrogens with zero attached hydrogens (tertiary/aromatic N) is 1. The van der Waals surface area contributed by atoms with E-state index in [0.717, 1.165) is 23.5 Å². The van der Waals surface area contributed by atoms with E-state index in [1.165, 1.54) is 35.5 Å². The number of rotatable bonds is 6. The highest BCUT2D eigenvalue weighted by atomic mass is 35.5. The molecule has 1 aliphatic rings.